The van der Waals surface area contributed by atoms with E-state index in [1.807, 2.05) is 31.2 Å². The second kappa shape index (κ2) is 7.53. The molecule has 1 aromatic heterocycles. The Hall–Kier alpha value is -1.29. The molecule has 0 atom stereocenters. The molecule has 3 aromatic rings. The van der Waals surface area contributed by atoms with E-state index in [1.165, 1.54) is 4.68 Å². The molecule has 0 bridgehead atoms. The number of rotatable bonds is 3. The zero-order chi connectivity index (χ0) is 18.1. The van der Waals surface area contributed by atoms with Crippen molar-refractivity contribution in [1.82, 2.24) is 14.9 Å². The van der Waals surface area contributed by atoms with Crippen molar-refractivity contribution in [2.24, 2.45) is 5.10 Å². The molecule has 1 heterocycles. The predicted octanol–water partition coefficient (Wildman–Crippen LogP) is 5.79. The zero-order valence-electron chi connectivity index (χ0n) is 12.8. The minimum atomic E-state index is 0.0965. The van der Waals surface area contributed by atoms with Crippen LogP contribution in [0, 0.1) is 11.7 Å². The van der Waals surface area contributed by atoms with Gasteiger partial charge in [-0.05, 0) is 57.1 Å². The van der Waals surface area contributed by atoms with Gasteiger partial charge in [-0.2, -0.15) is 14.9 Å². The van der Waals surface area contributed by atoms with Crippen molar-refractivity contribution in [2.45, 2.75) is 6.92 Å². The van der Waals surface area contributed by atoms with E-state index in [9.17, 15) is 5.11 Å². The molecule has 0 unspecified atom stereocenters. The highest BCUT2D eigenvalue weighted by molar-refractivity contribution is 9.11. The average Bonchev–Trinajstić information content (AvgIpc) is 2.94. The lowest BCUT2D eigenvalue weighted by Crippen LogP contribution is -1.96. The van der Waals surface area contributed by atoms with Crippen LogP contribution in [0.1, 0.15) is 11.1 Å². The molecule has 0 aliphatic carbocycles. The van der Waals surface area contributed by atoms with Gasteiger partial charge in [0.2, 0.25) is 4.77 Å². The van der Waals surface area contributed by atoms with Crippen LogP contribution in [-0.2, 0) is 0 Å². The van der Waals surface area contributed by atoms with Gasteiger partial charge in [-0.25, -0.2) is 5.10 Å². The first-order chi connectivity index (χ1) is 11.9. The first-order valence-electron chi connectivity index (χ1n) is 7.03. The SMILES string of the molecule is Cc1ccc(-c2n[nH]c(=S)n2N=Cc2c(Br)cc(Br)c(O)c2Br)cc1. The van der Waals surface area contributed by atoms with E-state index in [-0.39, 0.29) is 5.75 Å². The van der Waals surface area contributed by atoms with Crippen LogP contribution in [0.2, 0.25) is 0 Å². The quantitative estimate of drug-likeness (QED) is 0.323. The van der Waals surface area contributed by atoms with Crippen LogP contribution >= 0.6 is 60.0 Å². The van der Waals surface area contributed by atoms with E-state index in [0.717, 1.165) is 15.6 Å². The monoisotopic (exact) mass is 544 g/mol. The number of phenols is 1. The summed E-state index contributed by atoms with van der Waals surface area (Å²) in [7, 11) is 0. The summed E-state index contributed by atoms with van der Waals surface area (Å²) in [5.74, 6) is 0.703. The lowest BCUT2D eigenvalue weighted by Gasteiger charge is -2.07. The zero-order valence-corrected chi connectivity index (χ0v) is 18.4. The number of aromatic amines is 1. The molecule has 0 aliphatic rings. The van der Waals surface area contributed by atoms with Crippen LogP contribution < -0.4 is 0 Å². The molecule has 0 spiro atoms. The van der Waals surface area contributed by atoms with Crippen molar-refractivity contribution >= 4 is 66.2 Å². The first kappa shape index (κ1) is 18.5. The summed E-state index contributed by atoms with van der Waals surface area (Å²) in [4.78, 5) is 0. The second-order valence-corrected chi connectivity index (χ2v) is 8.08. The van der Waals surface area contributed by atoms with Crippen molar-refractivity contribution in [2.75, 3.05) is 0 Å². The fraction of sp³-hybridized carbons (Fsp3) is 0.0625. The molecule has 0 fully saturated rings. The molecule has 0 saturated heterocycles. The summed E-state index contributed by atoms with van der Waals surface area (Å²) in [5, 5.41) is 21.5. The number of hydrogen-bond donors (Lipinski definition) is 2. The third kappa shape index (κ3) is 3.79. The fourth-order valence-electron chi connectivity index (χ4n) is 2.12. The maximum atomic E-state index is 10.1. The maximum Gasteiger partial charge on any atom is 0.216 e. The van der Waals surface area contributed by atoms with Gasteiger partial charge in [0, 0.05) is 15.6 Å². The normalized spacial score (nSPS) is 11.4. The van der Waals surface area contributed by atoms with Crippen LogP contribution in [0.5, 0.6) is 5.75 Å². The third-order valence-corrected chi connectivity index (χ3v) is 5.77. The van der Waals surface area contributed by atoms with E-state index in [4.69, 9.17) is 12.2 Å². The lowest BCUT2D eigenvalue weighted by atomic mass is 10.1. The van der Waals surface area contributed by atoms with Gasteiger partial charge in [0.25, 0.3) is 0 Å². The molecule has 3 rings (SSSR count). The van der Waals surface area contributed by atoms with Crippen LogP contribution in [0.25, 0.3) is 11.4 Å². The number of H-pyrrole nitrogens is 1. The number of hydrogen-bond acceptors (Lipinski definition) is 4. The Labute approximate surface area is 174 Å². The Morgan fingerprint density at radius 1 is 1.20 bits per heavy atom. The Morgan fingerprint density at radius 2 is 1.88 bits per heavy atom. The van der Waals surface area contributed by atoms with Crippen LogP contribution in [-0.4, -0.2) is 26.2 Å². The molecule has 2 N–H and O–H groups in total. The number of nitrogens with one attached hydrogen (secondary N) is 1. The molecular weight excluding hydrogens is 536 g/mol. The van der Waals surface area contributed by atoms with Gasteiger partial charge < -0.3 is 5.11 Å². The topological polar surface area (TPSA) is 66.2 Å². The largest absolute Gasteiger partial charge is 0.506 e. The van der Waals surface area contributed by atoms with Gasteiger partial charge in [-0.15, -0.1) is 0 Å². The van der Waals surface area contributed by atoms with E-state index >= 15 is 0 Å². The van der Waals surface area contributed by atoms with E-state index in [1.54, 1.807) is 12.3 Å². The molecule has 0 aliphatic heterocycles. The number of nitrogens with zero attached hydrogens (tertiary/aromatic N) is 3. The van der Waals surface area contributed by atoms with E-state index < -0.39 is 0 Å². The molecule has 0 saturated carbocycles. The minimum Gasteiger partial charge on any atom is -0.506 e. The minimum absolute atomic E-state index is 0.0965. The van der Waals surface area contributed by atoms with Crippen LogP contribution in [0.3, 0.4) is 0 Å². The molecule has 25 heavy (non-hydrogen) atoms. The summed E-state index contributed by atoms with van der Waals surface area (Å²) in [6.07, 6.45) is 1.60. The smallest absolute Gasteiger partial charge is 0.216 e. The lowest BCUT2D eigenvalue weighted by molar-refractivity contribution is 0.468. The maximum absolute atomic E-state index is 10.1. The van der Waals surface area contributed by atoms with Crippen molar-refractivity contribution in [3.05, 3.63) is 59.6 Å². The molecule has 128 valence electrons. The average molecular weight is 547 g/mol. The van der Waals surface area contributed by atoms with Crippen LogP contribution in [0.15, 0.2) is 48.9 Å². The summed E-state index contributed by atoms with van der Waals surface area (Å²) in [6.45, 7) is 2.02. The van der Waals surface area contributed by atoms with E-state index in [0.29, 0.717) is 25.1 Å². The highest BCUT2D eigenvalue weighted by atomic mass is 79.9. The molecule has 0 amide bonds. The van der Waals surface area contributed by atoms with Gasteiger partial charge in [-0.1, -0.05) is 45.8 Å². The van der Waals surface area contributed by atoms with Gasteiger partial charge in [0.1, 0.15) is 5.75 Å². The number of aromatic nitrogens is 3. The number of halogens is 3. The van der Waals surface area contributed by atoms with Crippen LogP contribution in [0.4, 0.5) is 0 Å². The van der Waals surface area contributed by atoms with Crippen molar-refractivity contribution in [3.63, 3.8) is 0 Å². The first-order valence-corrected chi connectivity index (χ1v) is 9.82. The molecule has 0 radical (unpaired) electrons. The van der Waals surface area contributed by atoms with Crippen molar-refractivity contribution in [3.8, 4) is 17.1 Å². The highest BCUT2D eigenvalue weighted by Gasteiger charge is 2.13. The number of aryl methyl sites for hydroxylation is 1. The summed E-state index contributed by atoms with van der Waals surface area (Å²) < 4.78 is 3.77. The predicted molar refractivity (Wildman–Crippen MR) is 112 cm³/mol. The summed E-state index contributed by atoms with van der Waals surface area (Å²) in [6, 6.07) is 9.67. The second-order valence-electron chi connectivity index (χ2n) is 5.19. The Balaban J connectivity index is 2.07. The Bertz CT molecular complexity index is 1030. The standard InChI is InChI=1S/C16H11Br3N4OS/c1-8-2-4-9(5-3-8)15-21-22-16(25)23(15)20-7-10-11(17)6-12(18)14(24)13(10)19/h2-7,24H,1H3,(H,22,25). The van der Waals surface area contributed by atoms with Gasteiger partial charge in [-0.3, -0.25) is 0 Å². The highest BCUT2D eigenvalue weighted by Crippen LogP contribution is 2.38. The van der Waals surface area contributed by atoms with Crippen molar-refractivity contribution < 1.29 is 5.11 Å². The molecule has 5 nitrogen and oxygen atoms in total. The van der Waals surface area contributed by atoms with Gasteiger partial charge in [0.15, 0.2) is 5.82 Å². The van der Waals surface area contributed by atoms with Crippen molar-refractivity contribution in [1.29, 1.82) is 0 Å². The number of benzene rings is 2. The Kier molecular flexibility index (Phi) is 5.57. The van der Waals surface area contributed by atoms with Gasteiger partial charge >= 0.3 is 0 Å². The van der Waals surface area contributed by atoms with E-state index in [2.05, 4.69) is 63.1 Å². The molecular formula is C16H11Br3N4OS. The summed E-state index contributed by atoms with van der Waals surface area (Å²) in [5.41, 5.74) is 2.73. The molecule has 2 aromatic carbocycles. The summed E-state index contributed by atoms with van der Waals surface area (Å²) >= 11 is 15.4. The Morgan fingerprint density at radius 3 is 2.56 bits per heavy atom. The van der Waals surface area contributed by atoms with Gasteiger partial charge in [0.05, 0.1) is 15.2 Å². The number of aromatic hydroxyl groups is 1. The third-order valence-electron chi connectivity index (χ3n) is 3.44. The molecule has 9 heteroatoms. The fourth-order valence-corrected chi connectivity index (χ4v) is 4.62. The number of phenolic OH excluding ortho intramolecular Hbond substituents is 1.